The first-order valence-electron chi connectivity index (χ1n) is 11.4. The van der Waals surface area contributed by atoms with Crippen LogP contribution in [0.4, 0.5) is 0 Å². The molecule has 0 rings (SSSR count). The molecule has 0 bridgehead atoms. The van der Waals surface area contributed by atoms with Crippen LogP contribution in [0.3, 0.4) is 0 Å². The van der Waals surface area contributed by atoms with Crippen LogP contribution in [-0.4, -0.2) is 72.3 Å². The summed E-state index contributed by atoms with van der Waals surface area (Å²) in [5.41, 5.74) is 0. The Morgan fingerprint density at radius 2 is 1.07 bits per heavy atom. The van der Waals surface area contributed by atoms with Crippen LogP contribution in [0.2, 0.25) is 0 Å². The summed E-state index contributed by atoms with van der Waals surface area (Å²) in [5, 5.41) is 34.9. The number of aliphatic hydroxyl groups is 4. The molecule has 6 heteroatoms. The molecule has 0 aromatic carbocycles. The van der Waals surface area contributed by atoms with E-state index in [-0.39, 0.29) is 32.5 Å². The quantitative estimate of drug-likeness (QED) is 0.230. The second-order valence-corrected chi connectivity index (χ2v) is 7.30. The number of ether oxygens (including phenoxy) is 2. The van der Waals surface area contributed by atoms with Crippen LogP contribution >= 0.6 is 0 Å². The maximum atomic E-state index is 8.96. The molecular formula is C22H48O6. The van der Waals surface area contributed by atoms with Gasteiger partial charge in [-0.25, -0.2) is 0 Å². The van der Waals surface area contributed by atoms with Crippen molar-refractivity contribution in [3.63, 3.8) is 0 Å². The van der Waals surface area contributed by atoms with E-state index >= 15 is 0 Å². The highest BCUT2D eigenvalue weighted by atomic mass is 16.5. The first-order valence-corrected chi connectivity index (χ1v) is 11.4. The minimum Gasteiger partial charge on any atom is -0.394 e. The molecular weight excluding hydrogens is 360 g/mol. The molecule has 0 spiro atoms. The molecule has 1 unspecified atom stereocenters. The second kappa shape index (κ2) is 26.8. The third-order valence-corrected chi connectivity index (χ3v) is 4.42. The zero-order chi connectivity index (χ0) is 21.3. The Morgan fingerprint density at radius 3 is 1.54 bits per heavy atom. The van der Waals surface area contributed by atoms with Crippen LogP contribution < -0.4 is 0 Å². The van der Waals surface area contributed by atoms with Gasteiger partial charge in [0.15, 0.2) is 0 Å². The lowest BCUT2D eigenvalue weighted by Crippen LogP contribution is -2.22. The van der Waals surface area contributed by atoms with E-state index in [1.165, 1.54) is 64.2 Å². The van der Waals surface area contributed by atoms with Crippen molar-refractivity contribution >= 4 is 0 Å². The van der Waals surface area contributed by atoms with Crippen molar-refractivity contribution in [2.45, 2.75) is 103 Å². The fourth-order valence-corrected chi connectivity index (χ4v) is 2.55. The van der Waals surface area contributed by atoms with Crippen LogP contribution in [0, 0.1) is 0 Å². The minimum absolute atomic E-state index is 0.0909. The topological polar surface area (TPSA) is 99.4 Å². The lowest BCUT2D eigenvalue weighted by Gasteiger charge is -2.11. The average molecular weight is 409 g/mol. The van der Waals surface area contributed by atoms with Crippen molar-refractivity contribution in [1.82, 2.24) is 0 Å². The molecule has 6 nitrogen and oxygen atoms in total. The summed E-state index contributed by atoms with van der Waals surface area (Å²) in [7, 11) is 0. The van der Waals surface area contributed by atoms with E-state index in [9.17, 15) is 0 Å². The standard InChI is InChI=1S/2C11H24O3/c1-2-3-4-5-6-7-8-14-10-11(13)9-12;1-2-3-4-5-6-7-8-14-11(9-12)10-13/h2*11-13H,2-10H2,1H3. The molecule has 0 aliphatic carbocycles. The van der Waals surface area contributed by atoms with Gasteiger partial charge in [-0.3, -0.25) is 0 Å². The SMILES string of the molecule is CCCCCCCCOC(CO)CO.CCCCCCCCOCC(O)CO. The van der Waals surface area contributed by atoms with E-state index < -0.39 is 6.10 Å². The third-order valence-electron chi connectivity index (χ3n) is 4.42. The fourth-order valence-electron chi connectivity index (χ4n) is 2.55. The Morgan fingerprint density at radius 1 is 0.607 bits per heavy atom. The van der Waals surface area contributed by atoms with Crippen LogP contribution in [0.25, 0.3) is 0 Å². The molecule has 0 radical (unpaired) electrons. The van der Waals surface area contributed by atoms with Gasteiger partial charge in [-0.2, -0.15) is 0 Å². The van der Waals surface area contributed by atoms with Crippen LogP contribution in [0.15, 0.2) is 0 Å². The third kappa shape index (κ3) is 25.8. The van der Waals surface area contributed by atoms with Crippen molar-refractivity contribution in [3.05, 3.63) is 0 Å². The Bertz CT molecular complexity index is 261. The number of hydrogen-bond acceptors (Lipinski definition) is 6. The Labute approximate surface area is 173 Å². The molecule has 0 aromatic rings. The van der Waals surface area contributed by atoms with Gasteiger partial charge in [-0.1, -0.05) is 78.1 Å². The number of aliphatic hydroxyl groups excluding tert-OH is 4. The van der Waals surface area contributed by atoms with E-state index in [2.05, 4.69) is 13.8 Å². The molecule has 0 fully saturated rings. The normalized spacial score (nSPS) is 12.1. The summed E-state index contributed by atoms with van der Waals surface area (Å²) < 4.78 is 10.4. The molecule has 28 heavy (non-hydrogen) atoms. The van der Waals surface area contributed by atoms with Crippen molar-refractivity contribution in [2.75, 3.05) is 39.6 Å². The van der Waals surface area contributed by atoms with E-state index in [1.54, 1.807) is 0 Å². The summed E-state index contributed by atoms with van der Waals surface area (Å²) in [4.78, 5) is 0. The van der Waals surface area contributed by atoms with Crippen molar-refractivity contribution in [2.24, 2.45) is 0 Å². The maximum absolute atomic E-state index is 8.96. The van der Waals surface area contributed by atoms with Gasteiger partial charge < -0.3 is 29.9 Å². The zero-order valence-electron chi connectivity index (χ0n) is 18.5. The fraction of sp³-hybridized carbons (Fsp3) is 1.00. The molecule has 0 amide bonds. The summed E-state index contributed by atoms with van der Waals surface area (Å²) in [6, 6.07) is 0. The zero-order valence-corrected chi connectivity index (χ0v) is 18.5. The molecule has 0 saturated heterocycles. The highest BCUT2D eigenvalue weighted by Gasteiger charge is 2.04. The molecule has 172 valence electrons. The predicted octanol–water partition coefficient (Wildman–Crippen LogP) is 3.43. The van der Waals surface area contributed by atoms with Crippen LogP contribution in [0.5, 0.6) is 0 Å². The van der Waals surface area contributed by atoms with Gasteiger partial charge in [-0.15, -0.1) is 0 Å². The van der Waals surface area contributed by atoms with Gasteiger partial charge >= 0.3 is 0 Å². The van der Waals surface area contributed by atoms with Gasteiger partial charge in [0.2, 0.25) is 0 Å². The summed E-state index contributed by atoms with van der Waals surface area (Å²) in [5.74, 6) is 0. The maximum Gasteiger partial charge on any atom is 0.104 e. The highest BCUT2D eigenvalue weighted by Crippen LogP contribution is 2.06. The van der Waals surface area contributed by atoms with E-state index in [0.29, 0.717) is 13.2 Å². The van der Waals surface area contributed by atoms with Crippen molar-refractivity contribution < 1.29 is 29.9 Å². The number of rotatable bonds is 20. The molecule has 0 saturated carbocycles. The molecule has 0 heterocycles. The van der Waals surface area contributed by atoms with Gasteiger partial charge in [0.1, 0.15) is 12.2 Å². The molecule has 0 aliphatic heterocycles. The molecule has 0 aromatic heterocycles. The van der Waals surface area contributed by atoms with Crippen LogP contribution in [0.1, 0.15) is 90.9 Å². The van der Waals surface area contributed by atoms with Crippen LogP contribution in [-0.2, 0) is 9.47 Å². The van der Waals surface area contributed by atoms with E-state index in [1.807, 2.05) is 0 Å². The van der Waals surface area contributed by atoms with Crippen molar-refractivity contribution in [3.8, 4) is 0 Å². The van der Waals surface area contributed by atoms with Gasteiger partial charge in [0.25, 0.3) is 0 Å². The lowest BCUT2D eigenvalue weighted by molar-refractivity contribution is -0.0208. The monoisotopic (exact) mass is 408 g/mol. The second-order valence-electron chi connectivity index (χ2n) is 7.30. The average Bonchev–Trinajstić information content (AvgIpc) is 2.72. The smallest absolute Gasteiger partial charge is 0.104 e. The summed E-state index contributed by atoms with van der Waals surface area (Å²) >= 11 is 0. The van der Waals surface area contributed by atoms with Gasteiger partial charge in [0, 0.05) is 13.2 Å². The largest absolute Gasteiger partial charge is 0.394 e. The first kappa shape index (κ1) is 30.0. The summed E-state index contributed by atoms with van der Waals surface area (Å²) in [6.07, 6.45) is 13.7. The molecule has 1 atom stereocenters. The lowest BCUT2D eigenvalue weighted by atomic mass is 10.1. The molecule has 0 aliphatic rings. The van der Waals surface area contributed by atoms with E-state index in [4.69, 9.17) is 29.9 Å². The number of hydrogen-bond donors (Lipinski definition) is 4. The van der Waals surface area contributed by atoms with Gasteiger partial charge in [0.05, 0.1) is 26.4 Å². The minimum atomic E-state index is -0.713. The van der Waals surface area contributed by atoms with Gasteiger partial charge in [-0.05, 0) is 12.8 Å². The number of unbranched alkanes of at least 4 members (excludes halogenated alkanes) is 10. The van der Waals surface area contributed by atoms with Crippen molar-refractivity contribution in [1.29, 1.82) is 0 Å². The predicted molar refractivity (Wildman–Crippen MR) is 115 cm³/mol. The first-order chi connectivity index (χ1) is 13.7. The Balaban J connectivity index is 0. The Hall–Kier alpha value is -0.240. The Kier molecular flexibility index (Phi) is 28.6. The van der Waals surface area contributed by atoms with E-state index in [0.717, 1.165) is 12.8 Å². The summed E-state index contributed by atoms with van der Waals surface area (Å²) in [6.45, 7) is 5.62. The molecule has 4 N–H and O–H groups in total. The highest BCUT2D eigenvalue weighted by molar-refractivity contribution is 4.52.